The molecule has 7 heteroatoms. The molecule has 1 aliphatic carbocycles. The molecule has 1 saturated carbocycles. The van der Waals surface area contributed by atoms with Crippen molar-refractivity contribution in [2.75, 3.05) is 17.5 Å². The Hall–Kier alpha value is -3.32. The third-order valence-corrected chi connectivity index (χ3v) is 9.63. The van der Waals surface area contributed by atoms with E-state index in [0.29, 0.717) is 17.9 Å². The molecule has 0 radical (unpaired) electrons. The Morgan fingerprint density at radius 1 is 0.946 bits per heavy atom. The van der Waals surface area contributed by atoms with E-state index in [-0.39, 0.29) is 10.3 Å². The molecule has 3 aromatic rings. The van der Waals surface area contributed by atoms with Gasteiger partial charge in [0.2, 0.25) is 0 Å². The number of carboxylic acids is 1. The van der Waals surface area contributed by atoms with Gasteiger partial charge < -0.3 is 9.84 Å². The average Bonchev–Trinajstić information content (AvgIpc) is 3.17. The summed E-state index contributed by atoms with van der Waals surface area (Å²) in [6.07, 6.45) is 5.32. The first-order chi connectivity index (χ1) is 17.6. The normalized spacial score (nSPS) is 16.6. The van der Waals surface area contributed by atoms with Gasteiger partial charge in [-0.25, -0.2) is 13.2 Å². The minimum atomic E-state index is -3.83. The lowest BCUT2D eigenvalue weighted by Gasteiger charge is -2.34. The van der Waals surface area contributed by atoms with Crippen molar-refractivity contribution in [2.24, 2.45) is 0 Å². The van der Waals surface area contributed by atoms with Crippen molar-refractivity contribution >= 4 is 21.7 Å². The molecule has 1 N–H and O–H groups in total. The molecule has 0 unspecified atom stereocenters. The zero-order valence-corrected chi connectivity index (χ0v) is 22.4. The molecule has 1 aliphatic heterocycles. The molecule has 0 aromatic heterocycles. The molecule has 0 saturated heterocycles. The van der Waals surface area contributed by atoms with E-state index in [1.807, 2.05) is 12.1 Å². The van der Waals surface area contributed by atoms with Gasteiger partial charge in [-0.15, -0.1) is 0 Å². The van der Waals surface area contributed by atoms with Gasteiger partial charge >= 0.3 is 5.97 Å². The van der Waals surface area contributed by atoms with Gasteiger partial charge in [-0.05, 0) is 91.8 Å². The quantitative estimate of drug-likeness (QED) is 0.422. The number of benzene rings is 3. The zero-order valence-electron chi connectivity index (χ0n) is 21.6. The van der Waals surface area contributed by atoms with Crippen molar-refractivity contribution in [2.45, 2.75) is 63.2 Å². The highest BCUT2D eigenvalue weighted by molar-refractivity contribution is 7.92. The van der Waals surface area contributed by atoms with Crippen LogP contribution in [0.25, 0.3) is 11.1 Å². The molecule has 0 bridgehead atoms. The van der Waals surface area contributed by atoms with Crippen molar-refractivity contribution in [3.8, 4) is 16.9 Å². The van der Waals surface area contributed by atoms with Crippen LogP contribution in [0, 0.1) is 20.8 Å². The largest absolute Gasteiger partial charge is 0.482 e. The Morgan fingerprint density at radius 3 is 2.38 bits per heavy atom. The summed E-state index contributed by atoms with van der Waals surface area (Å²) in [4.78, 5) is 11.1. The third-order valence-electron chi connectivity index (χ3n) is 7.87. The fourth-order valence-electron chi connectivity index (χ4n) is 6.01. The first-order valence-electron chi connectivity index (χ1n) is 12.8. The highest BCUT2D eigenvalue weighted by Crippen LogP contribution is 2.52. The predicted octanol–water partition coefficient (Wildman–Crippen LogP) is 6.15. The summed E-state index contributed by atoms with van der Waals surface area (Å²) >= 11 is 0. The van der Waals surface area contributed by atoms with Gasteiger partial charge in [0.25, 0.3) is 10.0 Å². The average molecular weight is 520 g/mol. The van der Waals surface area contributed by atoms with Crippen LogP contribution >= 0.6 is 0 Å². The van der Waals surface area contributed by atoms with Crippen LogP contribution in [0.3, 0.4) is 0 Å². The number of carbonyl (C=O) groups is 1. The number of carboxylic acid groups (broad SMARTS) is 1. The summed E-state index contributed by atoms with van der Waals surface area (Å²) in [6, 6.07) is 17.3. The molecule has 0 amide bonds. The first kappa shape index (κ1) is 25.3. The Labute approximate surface area is 219 Å². The molecule has 3 aromatic carbocycles. The van der Waals surface area contributed by atoms with Crippen LogP contribution in [-0.4, -0.2) is 32.6 Å². The molecule has 5 rings (SSSR count). The van der Waals surface area contributed by atoms with Crippen LogP contribution in [0.5, 0.6) is 5.75 Å². The molecular formula is C30H33NO5S. The highest BCUT2D eigenvalue weighted by atomic mass is 32.2. The van der Waals surface area contributed by atoms with Gasteiger partial charge in [0.05, 0.1) is 10.6 Å². The monoisotopic (exact) mass is 519 g/mol. The van der Waals surface area contributed by atoms with E-state index in [4.69, 9.17) is 9.84 Å². The zero-order chi connectivity index (χ0) is 26.4. The number of hydrogen-bond donors (Lipinski definition) is 1. The lowest BCUT2D eigenvalue weighted by molar-refractivity contribution is -0.139. The Morgan fingerprint density at radius 2 is 1.70 bits per heavy atom. The van der Waals surface area contributed by atoms with Crippen LogP contribution < -0.4 is 9.04 Å². The van der Waals surface area contributed by atoms with Crippen LogP contribution in [0.1, 0.15) is 54.4 Å². The van der Waals surface area contributed by atoms with Crippen LogP contribution in [0.15, 0.2) is 59.5 Å². The maximum Gasteiger partial charge on any atom is 0.341 e. The number of rotatable bonds is 6. The number of hydrogen-bond acceptors (Lipinski definition) is 4. The van der Waals surface area contributed by atoms with E-state index in [2.05, 4.69) is 38.1 Å². The van der Waals surface area contributed by atoms with E-state index in [0.717, 1.165) is 42.5 Å². The molecule has 6 nitrogen and oxygen atoms in total. The molecule has 0 atom stereocenters. The van der Waals surface area contributed by atoms with E-state index < -0.39 is 22.6 Å². The fourth-order valence-corrected chi connectivity index (χ4v) is 7.67. The minimum absolute atomic E-state index is 0.185. The number of nitrogens with zero attached hydrogens (tertiary/aromatic N) is 1. The van der Waals surface area contributed by atoms with Gasteiger partial charge in [-0.3, -0.25) is 4.31 Å². The van der Waals surface area contributed by atoms with Crippen molar-refractivity contribution in [3.05, 3.63) is 76.9 Å². The summed E-state index contributed by atoms with van der Waals surface area (Å²) in [5.41, 5.74) is 7.02. The maximum absolute atomic E-state index is 14.0. The van der Waals surface area contributed by atoms with Crippen LogP contribution in [0.2, 0.25) is 0 Å². The van der Waals surface area contributed by atoms with Crippen molar-refractivity contribution in [1.29, 1.82) is 0 Å². The Balaban J connectivity index is 1.56. The first-order valence-corrected chi connectivity index (χ1v) is 14.2. The minimum Gasteiger partial charge on any atom is -0.482 e. The molecule has 1 heterocycles. The molecule has 2 aliphatic rings. The third kappa shape index (κ3) is 4.61. The van der Waals surface area contributed by atoms with Crippen molar-refractivity contribution in [3.63, 3.8) is 0 Å². The van der Waals surface area contributed by atoms with E-state index >= 15 is 0 Å². The summed E-state index contributed by atoms with van der Waals surface area (Å²) in [5, 5.41) is 8.90. The highest BCUT2D eigenvalue weighted by Gasteiger charge is 2.47. The lowest BCUT2D eigenvalue weighted by Crippen LogP contribution is -2.38. The summed E-state index contributed by atoms with van der Waals surface area (Å²) < 4.78 is 34.9. The van der Waals surface area contributed by atoms with Gasteiger partial charge in [-0.2, -0.15) is 0 Å². The van der Waals surface area contributed by atoms with Gasteiger partial charge in [0, 0.05) is 12.0 Å². The maximum atomic E-state index is 14.0. The smallest absolute Gasteiger partial charge is 0.341 e. The summed E-state index contributed by atoms with van der Waals surface area (Å²) in [6.45, 7) is 5.91. The molecule has 194 valence electrons. The van der Waals surface area contributed by atoms with Crippen molar-refractivity contribution < 1.29 is 23.1 Å². The lowest BCUT2D eigenvalue weighted by atomic mass is 9.70. The molecule has 1 spiro atoms. The topological polar surface area (TPSA) is 83.9 Å². The summed E-state index contributed by atoms with van der Waals surface area (Å²) in [7, 11) is -3.83. The fraction of sp³-hybridized carbons (Fsp3) is 0.367. The second-order valence-electron chi connectivity index (χ2n) is 10.5. The summed E-state index contributed by atoms with van der Waals surface area (Å²) in [5.74, 6) is -0.715. The predicted molar refractivity (Wildman–Crippen MR) is 145 cm³/mol. The second-order valence-corrected chi connectivity index (χ2v) is 12.4. The van der Waals surface area contributed by atoms with Crippen molar-refractivity contribution in [1.82, 2.24) is 0 Å². The van der Waals surface area contributed by atoms with E-state index in [1.54, 1.807) is 23.4 Å². The van der Waals surface area contributed by atoms with E-state index in [1.165, 1.54) is 29.2 Å². The van der Waals surface area contributed by atoms with Crippen LogP contribution in [0.4, 0.5) is 5.69 Å². The van der Waals surface area contributed by atoms with Gasteiger partial charge in [0.15, 0.2) is 6.61 Å². The number of fused-ring (bicyclic) bond motifs is 2. The van der Waals surface area contributed by atoms with E-state index in [9.17, 15) is 13.2 Å². The van der Waals surface area contributed by atoms with Gasteiger partial charge in [-0.1, -0.05) is 49.1 Å². The van der Waals surface area contributed by atoms with Gasteiger partial charge in [0.1, 0.15) is 5.75 Å². The standard InChI is InChI=1S/C30H33NO5S/c1-20-7-10-25(21(2)15-20)23-8-11-27-26(17-23)30(13-5-4-6-14-30)19-31(27)37(34,35)24-9-12-28(22(3)16-24)36-18-29(32)33/h7-12,15-17H,4-6,13-14,18-19H2,1-3H3,(H,32,33). The number of anilines is 1. The Kier molecular flexibility index (Phi) is 6.52. The molecule has 37 heavy (non-hydrogen) atoms. The molecular weight excluding hydrogens is 486 g/mol. The van der Waals surface area contributed by atoms with Crippen LogP contribution in [-0.2, 0) is 20.2 Å². The second kappa shape index (κ2) is 9.53. The number of sulfonamides is 1. The SMILES string of the molecule is Cc1ccc(-c2ccc3c(c2)C2(CCCCC2)CN3S(=O)(=O)c2ccc(OCC(=O)O)c(C)c2)c(C)c1. The number of aliphatic carboxylic acids is 1. The Bertz CT molecular complexity index is 1470. The number of aryl methyl sites for hydroxylation is 3. The number of ether oxygens (including phenoxy) is 1. The molecule has 1 fully saturated rings.